The lowest BCUT2D eigenvalue weighted by atomic mass is 9.93. The van der Waals surface area contributed by atoms with Gasteiger partial charge in [-0.15, -0.1) is 22.7 Å². The predicted octanol–water partition coefficient (Wildman–Crippen LogP) is 3.02. The molecule has 0 spiro atoms. The minimum Gasteiger partial charge on any atom is -0.475 e. The Balaban J connectivity index is 0.000000339. The SMILES string of the molecule is Cc1ccc(CN2C[C@@H]3[C@@H](CNC(=O)c4cscn4)CO[C@@H]3C2)s1.O=C(O)C(F)(F)F. The summed E-state index contributed by atoms with van der Waals surface area (Å²) >= 11 is 3.31. The fourth-order valence-corrected chi connectivity index (χ4v) is 5.11. The summed E-state index contributed by atoms with van der Waals surface area (Å²) in [7, 11) is 0. The van der Waals surface area contributed by atoms with Crippen molar-refractivity contribution in [2.75, 3.05) is 26.2 Å². The third kappa shape index (κ3) is 6.48. The molecule has 12 heteroatoms. The van der Waals surface area contributed by atoms with Crippen LogP contribution in [0.4, 0.5) is 13.2 Å². The van der Waals surface area contributed by atoms with Gasteiger partial charge in [0.25, 0.3) is 5.91 Å². The van der Waals surface area contributed by atoms with Crippen LogP contribution in [0.2, 0.25) is 0 Å². The second kappa shape index (κ2) is 10.1. The molecule has 3 atom stereocenters. The molecule has 0 bridgehead atoms. The minimum atomic E-state index is -5.08. The molecule has 4 rings (SSSR count). The van der Waals surface area contributed by atoms with E-state index < -0.39 is 12.1 Å². The molecular weight excluding hydrogens is 455 g/mol. The number of hydrogen-bond acceptors (Lipinski definition) is 7. The number of nitrogens with one attached hydrogen (secondary N) is 1. The van der Waals surface area contributed by atoms with Crippen LogP contribution in [0.1, 0.15) is 20.2 Å². The van der Waals surface area contributed by atoms with E-state index in [2.05, 4.69) is 34.3 Å². The van der Waals surface area contributed by atoms with Gasteiger partial charge in [0, 0.05) is 53.1 Å². The molecule has 2 aromatic heterocycles. The van der Waals surface area contributed by atoms with Gasteiger partial charge in [-0.2, -0.15) is 13.2 Å². The number of thiazole rings is 1. The number of carbonyl (C=O) groups excluding carboxylic acids is 1. The average molecular weight is 478 g/mol. The van der Waals surface area contributed by atoms with Crippen molar-refractivity contribution in [1.82, 2.24) is 15.2 Å². The first-order chi connectivity index (χ1) is 14.6. The monoisotopic (exact) mass is 477 g/mol. The number of thiophene rings is 1. The first-order valence-corrected chi connectivity index (χ1v) is 11.2. The lowest BCUT2D eigenvalue weighted by Gasteiger charge is -2.19. The van der Waals surface area contributed by atoms with Gasteiger partial charge < -0.3 is 15.2 Å². The van der Waals surface area contributed by atoms with Gasteiger partial charge in [0.15, 0.2) is 0 Å². The van der Waals surface area contributed by atoms with E-state index in [1.807, 2.05) is 11.3 Å². The summed E-state index contributed by atoms with van der Waals surface area (Å²) < 4.78 is 37.7. The van der Waals surface area contributed by atoms with Crippen molar-refractivity contribution in [1.29, 1.82) is 0 Å². The zero-order valence-electron chi connectivity index (χ0n) is 16.6. The smallest absolute Gasteiger partial charge is 0.475 e. The summed E-state index contributed by atoms with van der Waals surface area (Å²) in [6, 6.07) is 4.41. The molecule has 2 saturated heterocycles. The highest BCUT2D eigenvalue weighted by Gasteiger charge is 2.43. The van der Waals surface area contributed by atoms with Crippen molar-refractivity contribution in [3.63, 3.8) is 0 Å². The summed E-state index contributed by atoms with van der Waals surface area (Å²) in [4.78, 5) is 30.3. The number of aromatic nitrogens is 1. The molecule has 2 fully saturated rings. The number of carboxylic acid groups (broad SMARTS) is 1. The van der Waals surface area contributed by atoms with Crippen molar-refractivity contribution in [3.05, 3.63) is 38.5 Å². The van der Waals surface area contributed by atoms with Crippen LogP contribution in [0, 0.1) is 18.8 Å². The predicted molar refractivity (Wildman–Crippen MR) is 109 cm³/mol. The topological polar surface area (TPSA) is 91.8 Å². The normalized spacial score (nSPS) is 23.2. The van der Waals surface area contributed by atoms with Crippen LogP contribution in [0.5, 0.6) is 0 Å². The lowest BCUT2D eigenvalue weighted by Crippen LogP contribution is -2.34. The van der Waals surface area contributed by atoms with Crippen molar-refractivity contribution >= 4 is 34.6 Å². The van der Waals surface area contributed by atoms with E-state index in [4.69, 9.17) is 14.6 Å². The van der Waals surface area contributed by atoms with E-state index in [1.54, 1.807) is 10.9 Å². The van der Waals surface area contributed by atoms with Crippen LogP contribution in [-0.4, -0.2) is 65.4 Å². The first-order valence-electron chi connectivity index (χ1n) is 9.49. The van der Waals surface area contributed by atoms with Crippen LogP contribution in [0.25, 0.3) is 0 Å². The molecule has 0 aliphatic carbocycles. The second-order valence-corrected chi connectivity index (χ2v) is 9.48. The van der Waals surface area contributed by atoms with Crippen LogP contribution in [-0.2, 0) is 16.1 Å². The number of halogens is 3. The van der Waals surface area contributed by atoms with E-state index in [0.29, 0.717) is 30.2 Å². The number of hydrogen-bond donors (Lipinski definition) is 2. The summed E-state index contributed by atoms with van der Waals surface area (Å²) in [6.45, 7) is 6.63. The fraction of sp³-hybridized carbons (Fsp3) is 0.526. The number of carbonyl (C=O) groups is 2. The van der Waals surface area contributed by atoms with Gasteiger partial charge in [0.05, 0.1) is 18.2 Å². The van der Waals surface area contributed by atoms with Crippen LogP contribution < -0.4 is 5.32 Å². The van der Waals surface area contributed by atoms with Gasteiger partial charge in [-0.1, -0.05) is 0 Å². The molecule has 4 heterocycles. The van der Waals surface area contributed by atoms with Crippen molar-refractivity contribution in [2.24, 2.45) is 11.8 Å². The third-order valence-electron chi connectivity index (χ3n) is 5.12. The van der Waals surface area contributed by atoms with Crippen LogP contribution in [0.15, 0.2) is 23.0 Å². The number of amides is 1. The highest BCUT2D eigenvalue weighted by molar-refractivity contribution is 7.11. The maximum absolute atomic E-state index is 12.0. The molecule has 0 unspecified atom stereocenters. The summed E-state index contributed by atoms with van der Waals surface area (Å²) in [6.07, 6.45) is -4.77. The van der Waals surface area contributed by atoms with E-state index in [1.165, 1.54) is 21.1 Å². The van der Waals surface area contributed by atoms with E-state index in [-0.39, 0.29) is 5.91 Å². The number of aryl methyl sites for hydroxylation is 1. The van der Waals surface area contributed by atoms with Gasteiger partial charge in [-0.25, -0.2) is 9.78 Å². The highest BCUT2D eigenvalue weighted by Crippen LogP contribution is 2.34. The van der Waals surface area contributed by atoms with Gasteiger partial charge in [0.2, 0.25) is 0 Å². The first kappa shape index (κ1) is 23.6. The number of carboxylic acids is 1. The Kier molecular flexibility index (Phi) is 7.68. The van der Waals surface area contributed by atoms with E-state index in [9.17, 15) is 18.0 Å². The molecule has 0 radical (unpaired) electrons. The summed E-state index contributed by atoms with van der Waals surface area (Å²) in [5.41, 5.74) is 2.20. The molecule has 2 aliphatic rings. The number of rotatable bonds is 5. The number of likely N-dealkylation sites (tertiary alicyclic amines) is 1. The van der Waals surface area contributed by atoms with Crippen LogP contribution >= 0.6 is 22.7 Å². The average Bonchev–Trinajstić information content (AvgIpc) is 3.45. The minimum absolute atomic E-state index is 0.0800. The maximum Gasteiger partial charge on any atom is 0.490 e. The zero-order chi connectivity index (χ0) is 22.6. The van der Waals surface area contributed by atoms with Crippen molar-refractivity contribution < 1.29 is 32.6 Å². The Morgan fingerprint density at radius 3 is 2.68 bits per heavy atom. The molecule has 2 N–H and O–H groups in total. The molecule has 0 aromatic carbocycles. The fourth-order valence-electron chi connectivity index (χ4n) is 3.65. The Hall–Kier alpha value is -2.02. The number of fused-ring (bicyclic) bond motifs is 1. The van der Waals surface area contributed by atoms with Crippen LogP contribution in [0.3, 0.4) is 0 Å². The molecule has 170 valence electrons. The number of alkyl halides is 3. The standard InChI is InChI=1S/C17H21N3O2S2.C2HF3O2/c1-11-2-3-13(24-11)5-20-6-14-12(8-22-16(14)7-20)4-18-17(21)15-9-23-10-19-15;3-2(4,5)1(6)7/h2-3,9-10,12,14,16H,4-8H2,1H3,(H,18,21);(H,6,7)/t12-,14+,16+;/m0./s1. The van der Waals surface area contributed by atoms with E-state index in [0.717, 1.165) is 26.2 Å². The second-order valence-electron chi connectivity index (χ2n) is 7.39. The van der Waals surface area contributed by atoms with Gasteiger partial charge in [-0.05, 0) is 19.1 Å². The maximum atomic E-state index is 12.0. The van der Waals surface area contributed by atoms with Gasteiger partial charge in [-0.3, -0.25) is 9.69 Å². The molecule has 2 aromatic rings. The quantitative estimate of drug-likeness (QED) is 0.688. The number of aliphatic carboxylic acids is 1. The van der Waals surface area contributed by atoms with Crippen molar-refractivity contribution in [2.45, 2.75) is 25.7 Å². The number of nitrogens with zero attached hydrogens (tertiary/aromatic N) is 2. The molecule has 7 nitrogen and oxygen atoms in total. The lowest BCUT2D eigenvalue weighted by molar-refractivity contribution is -0.192. The number of ether oxygens (including phenoxy) is 1. The highest BCUT2D eigenvalue weighted by atomic mass is 32.1. The Morgan fingerprint density at radius 2 is 2.10 bits per heavy atom. The molecular formula is C19H22F3N3O4S2. The summed E-state index contributed by atoms with van der Waals surface area (Å²) in [5, 5.41) is 11.9. The van der Waals surface area contributed by atoms with Gasteiger partial charge in [0.1, 0.15) is 5.69 Å². The zero-order valence-corrected chi connectivity index (χ0v) is 18.2. The van der Waals surface area contributed by atoms with E-state index >= 15 is 0 Å². The molecule has 31 heavy (non-hydrogen) atoms. The Morgan fingerprint density at radius 1 is 1.35 bits per heavy atom. The molecule has 0 saturated carbocycles. The Bertz CT molecular complexity index is 888. The Labute approximate surface area is 184 Å². The van der Waals surface area contributed by atoms with Gasteiger partial charge >= 0.3 is 12.1 Å². The summed E-state index contributed by atoms with van der Waals surface area (Å²) in [5.74, 6) is -1.93. The third-order valence-corrected chi connectivity index (χ3v) is 6.69. The molecule has 2 aliphatic heterocycles. The molecule has 1 amide bonds. The largest absolute Gasteiger partial charge is 0.490 e. The van der Waals surface area contributed by atoms with Crippen molar-refractivity contribution in [3.8, 4) is 0 Å².